The second-order valence-electron chi connectivity index (χ2n) is 7.76. The average Bonchev–Trinajstić information content (AvgIpc) is 2.78. The van der Waals surface area contributed by atoms with Crippen LogP contribution in [0.2, 0.25) is 10.0 Å². The van der Waals surface area contributed by atoms with Gasteiger partial charge in [0.2, 0.25) is 5.91 Å². The number of nitrogens with one attached hydrogen (secondary N) is 2. The van der Waals surface area contributed by atoms with Gasteiger partial charge in [-0.05, 0) is 61.7 Å². The van der Waals surface area contributed by atoms with Gasteiger partial charge in [0, 0.05) is 29.7 Å². The Balaban J connectivity index is 1.36. The number of carbonyl (C=O) groups excluding carboxylic acids is 2. The van der Waals surface area contributed by atoms with Gasteiger partial charge >= 0.3 is 0 Å². The summed E-state index contributed by atoms with van der Waals surface area (Å²) in [5, 5.41) is 16.9. The van der Waals surface area contributed by atoms with E-state index in [0.717, 1.165) is 43.6 Å². The molecule has 1 fully saturated rings. The Labute approximate surface area is 196 Å². The highest BCUT2D eigenvalue weighted by Crippen LogP contribution is 2.25. The van der Waals surface area contributed by atoms with Crippen molar-refractivity contribution in [3.05, 3.63) is 73.8 Å². The average molecular weight is 479 g/mol. The zero-order valence-corrected chi connectivity index (χ0v) is 18.9. The highest BCUT2D eigenvalue weighted by atomic mass is 35.5. The van der Waals surface area contributed by atoms with Gasteiger partial charge in [-0.1, -0.05) is 35.3 Å². The summed E-state index contributed by atoms with van der Waals surface area (Å²) in [4.78, 5) is 36.9. The summed E-state index contributed by atoms with van der Waals surface area (Å²) in [6, 6.07) is 11.6. The van der Waals surface area contributed by atoms with E-state index in [4.69, 9.17) is 23.2 Å². The SMILES string of the molecule is O=C(CNC(=O)c1ccc(Cl)c([N+](=O)[O-])c1)NCC1CCN(Cc2ccc(Cl)cc2)CC1. The van der Waals surface area contributed by atoms with Crippen molar-refractivity contribution < 1.29 is 14.5 Å². The number of hydrogen-bond acceptors (Lipinski definition) is 5. The summed E-state index contributed by atoms with van der Waals surface area (Å²) in [6.45, 7) is 3.14. The summed E-state index contributed by atoms with van der Waals surface area (Å²) in [6.07, 6.45) is 1.96. The number of hydrogen-bond donors (Lipinski definition) is 2. The fourth-order valence-electron chi connectivity index (χ4n) is 3.57. The van der Waals surface area contributed by atoms with Crippen LogP contribution in [0, 0.1) is 16.0 Å². The van der Waals surface area contributed by atoms with Gasteiger partial charge in [-0.3, -0.25) is 24.6 Å². The fraction of sp³-hybridized carbons (Fsp3) is 0.364. The molecule has 0 spiro atoms. The molecular weight excluding hydrogens is 455 g/mol. The Kier molecular flexibility index (Phi) is 8.44. The van der Waals surface area contributed by atoms with Crippen LogP contribution >= 0.6 is 23.2 Å². The molecule has 2 aromatic carbocycles. The number of rotatable bonds is 8. The van der Waals surface area contributed by atoms with Crippen molar-refractivity contribution in [3.63, 3.8) is 0 Å². The molecule has 170 valence electrons. The van der Waals surface area contributed by atoms with Crippen LogP contribution < -0.4 is 10.6 Å². The monoisotopic (exact) mass is 478 g/mol. The predicted octanol–water partition coefficient (Wildman–Crippen LogP) is 3.66. The molecule has 3 rings (SSSR count). The molecule has 0 unspecified atom stereocenters. The third-order valence-corrected chi connectivity index (χ3v) is 6.00. The van der Waals surface area contributed by atoms with Crippen molar-refractivity contribution in [2.24, 2.45) is 5.92 Å². The molecule has 2 aromatic rings. The van der Waals surface area contributed by atoms with Gasteiger partial charge in [0.15, 0.2) is 0 Å². The van der Waals surface area contributed by atoms with E-state index in [2.05, 4.69) is 15.5 Å². The number of nitrogens with zero attached hydrogens (tertiary/aromatic N) is 2. The van der Waals surface area contributed by atoms with Gasteiger partial charge in [0.25, 0.3) is 11.6 Å². The summed E-state index contributed by atoms with van der Waals surface area (Å²) in [7, 11) is 0. The lowest BCUT2D eigenvalue weighted by atomic mass is 9.96. The van der Waals surface area contributed by atoms with Crippen molar-refractivity contribution in [1.29, 1.82) is 0 Å². The Hall–Kier alpha value is -2.68. The van der Waals surface area contributed by atoms with Crippen molar-refractivity contribution in [3.8, 4) is 0 Å². The van der Waals surface area contributed by atoms with Crippen LogP contribution in [0.1, 0.15) is 28.8 Å². The first kappa shape index (κ1) is 24.0. The Bertz CT molecular complexity index is 976. The minimum atomic E-state index is -0.660. The van der Waals surface area contributed by atoms with Crippen LogP contribution in [0.5, 0.6) is 0 Å². The second kappa shape index (κ2) is 11.3. The number of nitro benzene ring substituents is 1. The zero-order valence-electron chi connectivity index (χ0n) is 17.4. The van der Waals surface area contributed by atoms with E-state index in [0.29, 0.717) is 12.5 Å². The van der Waals surface area contributed by atoms with E-state index >= 15 is 0 Å². The van der Waals surface area contributed by atoms with E-state index in [1.807, 2.05) is 24.3 Å². The van der Waals surface area contributed by atoms with Gasteiger partial charge < -0.3 is 10.6 Å². The highest BCUT2D eigenvalue weighted by Gasteiger charge is 2.20. The fourth-order valence-corrected chi connectivity index (χ4v) is 3.89. The Morgan fingerprint density at radius 2 is 1.75 bits per heavy atom. The van der Waals surface area contributed by atoms with Crippen LogP contribution in [-0.4, -0.2) is 47.8 Å². The summed E-state index contributed by atoms with van der Waals surface area (Å²) in [5.41, 5.74) is 0.941. The molecule has 0 aliphatic carbocycles. The normalized spacial score (nSPS) is 14.7. The molecule has 32 heavy (non-hydrogen) atoms. The summed E-state index contributed by atoms with van der Waals surface area (Å²) < 4.78 is 0. The van der Waals surface area contributed by atoms with E-state index in [9.17, 15) is 19.7 Å². The molecule has 1 aliphatic rings. The lowest BCUT2D eigenvalue weighted by molar-refractivity contribution is -0.384. The summed E-state index contributed by atoms with van der Waals surface area (Å²) in [5.74, 6) is -0.490. The maximum atomic E-state index is 12.2. The first-order valence-electron chi connectivity index (χ1n) is 10.3. The first-order chi connectivity index (χ1) is 15.3. The van der Waals surface area contributed by atoms with Crippen molar-refractivity contribution in [2.45, 2.75) is 19.4 Å². The Morgan fingerprint density at radius 1 is 1.06 bits per heavy atom. The molecule has 0 saturated carbocycles. The number of carbonyl (C=O) groups is 2. The van der Waals surface area contributed by atoms with Crippen LogP contribution in [0.15, 0.2) is 42.5 Å². The van der Waals surface area contributed by atoms with Gasteiger partial charge in [-0.25, -0.2) is 0 Å². The van der Waals surface area contributed by atoms with E-state index in [1.54, 1.807) is 0 Å². The molecule has 2 N–H and O–H groups in total. The number of halogens is 2. The predicted molar refractivity (Wildman–Crippen MR) is 123 cm³/mol. The second-order valence-corrected chi connectivity index (χ2v) is 8.60. The van der Waals surface area contributed by atoms with Gasteiger partial charge in [-0.2, -0.15) is 0 Å². The smallest absolute Gasteiger partial charge is 0.288 e. The lowest BCUT2D eigenvalue weighted by Gasteiger charge is -2.32. The maximum absolute atomic E-state index is 12.2. The van der Waals surface area contributed by atoms with Crippen LogP contribution in [0.3, 0.4) is 0 Å². The molecule has 10 heteroatoms. The molecule has 0 aromatic heterocycles. The third-order valence-electron chi connectivity index (χ3n) is 5.43. The standard InChI is InChI=1S/C22H24Cl2N4O4/c23-18-4-1-16(2-5-18)14-27-9-7-15(8-10-27)12-25-21(29)13-26-22(30)17-3-6-19(24)20(11-17)28(31)32/h1-6,11,15H,7-10,12-14H2,(H,25,29)(H,26,30). The molecule has 8 nitrogen and oxygen atoms in total. The largest absolute Gasteiger partial charge is 0.354 e. The molecule has 0 atom stereocenters. The third kappa shape index (κ3) is 6.91. The quantitative estimate of drug-likeness (QED) is 0.444. The molecule has 1 aliphatic heterocycles. The molecule has 2 amide bonds. The Morgan fingerprint density at radius 3 is 2.41 bits per heavy atom. The van der Waals surface area contributed by atoms with E-state index in [1.165, 1.54) is 17.7 Å². The molecule has 0 bridgehead atoms. The molecule has 1 saturated heterocycles. The topological polar surface area (TPSA) is 105 Å². The number of piperidine rings is 1. The van der Waals surface area contributed by atoms with Gasteiger partial charge in [-0.15, -0.1) is 0 Å². The number of likely N-dealkylation sites (tertiary alicyclic amines) is 1. The van der Waals surface area contributed by atoms with E-state index in [-0.39, 0.29) is 28.7 Å². The van der Waals surface area contributed by atoms with Crippen molar-refractivity contribution in [1.82, 2.24) is 15.5 Å². The van der Waals surface area contributed by atoms with E-state index < -0.39 is 10.8 Å². The minimum absolute atomic E-state index is 0.0523. The molecule has 1 heterocycles. The zero-order chi connectivity index (χ0) is 23.1. The first-order valence-corrected chi connectivity index (χ1v) is 11.0. The van der Waals surface area contributed by atoms with Crippen molar-refractivity contribution >= 4 is 40.7 Å². The van der Waals surface area contributed by atoms with Gasteiger partial charge in [0.1, 0.15) is 5.02 Å². The number of benzene rings is 2. The van der Waals surface area contributed by atoms with Crippen LogP contribution in [0.25, 0.3) is 0 Å². The van der Waals surface area contributed by atoms with Crippen LogP contribution in [0.4, 0.5) is 5.69 Å². The maximum Gasteiger partial charge on any atom is 0.288 e. The summed E-state index contributed by atoms with van der Waals surface area (Å²) >= 11 is 11.7. The van der Waals surface area contributed by atoms with Crippen molar-refractivity contribution in [2.75, 3.05) is 26.2 Å². The highest BCUT2D eigenvalue weighted by molar-refractivity contribution is 6.32. The lowest BCUT2D eigenvalue weighted by Crippen LogP contribution is -2.41. The number of nitro groups is 1. The molecular formula is C22H24Cl2N4O4. The van der Waals surface area contributed by atoms with Gasteiger partial charge in [0.05, 0.1) is 11.5 Å². The molecule has 0 radical (unpaired) electrons. The minimum Gasteiger partial charge on any atom is -0.354 e. The van der Waals surface area contributed by atoms with Crippen LogP contribution in [-0.2, 0) is 11.3 Å². The number of amides is 2.